The zero-order chi connectivity index (χ0) is 13.5. The molecule has 112 valence electrons. The summed E-state index contributed by atoms with van der Waals surface area (Å²) in [6.45, 7) is 0. The van der Waals surface area contributed by atoms with Crippen LogP contribution >= 0.6 is 0 Å². The van der Waals surface area contributed by atoms with Gasteiger partial charge >= 0.3 is 0 Å². The maximum absolute atomic E-state index is 12.3. The van der Waals surface area contributed by atoms with Gasteiger partial charge in [0.25, 0.3) is 0 Å². The first-order chi connectivity index (χ1) is 9.78. The van der Waals surface area contributed by atoms with E-state index < -0.39 is 0 Å². The lowest BCUT2D eigenvalue weighted by molar-refractivity contribution is -0.125. The Kier molecular flexibility index (Phi) is 3.52. The zero-order valence-corrected chi connectivity index (χ0v) is 12.7. The maximum atomic E-state index is 12.3. The van der Waals surface area contributed by atoms with Crippen molar-refractivity contribution in [1.29, 1.82) is 0 Å². The summed E-state index contributed by atoms with van der Waals surface area (Å²) >= 11 is 0. The molecule has 20 heavy (non-hydrogen) atoms. The standard InChI is InChI=1S/C18H29NO/c20-17(6-5-12-3-1-2-4-12)19-18-15-8-13-7-14(10-15)11-16(18)9-13/h12-16,18H,1-11H2,(H,19,20). The van der Waals surface area contributed by atoms with Gasteiger partial charge in [0, 0.05) is 12.5 Å². The molecule has 4 bridgehead atoms. The van der Waals surface area contributed by atoms with E-state index in [4.69, 9.17) is 0 Å². The van der Waals surface area contributed by atoms with Crippen molar-refractivity contribution in [2.45, 2.75) is 76.7 Å². The van der Waals surface area contributed by atoms with E-state index in [0.29, 0.717) is 11.9 Å². The van der Waals surface area contributed by atoms with Crippen LogP contribution in [0.4, 0.5) is 0 Å². The molecule has 2 heteroatoms. The molecule has 0 unspecified atom stereocenters. The van der Waals surface area contributed by atoms with E-state index in [1.807, 2.05) is 0 Å². The Balaban J connectivity index is 1.29. The van der Waals surface area contributed by atoms with Crippen LogP contribution in [0.15, 0.2) is 0 Å². The maximum Gasteiger partial charge on any atom is 0.220 e. The van der Waals surface area contributed by atoms with Crippen molar-refractivity contribution in [2.75, 3.05) is 0 Å². The average Bonchev–Trinajstić information content (AvgIpc) is 2.93. The van der Waals surface area contributed by atoms with Crippen molar-refractivity contribution in [3.05, 3.63) is 0 Å². The molecule has 0 aliphatic heterocycles. The van der Waals surface area contributed by atoms with Crippen molar-refractivity contribution in [1.82, 2.24) is 5.32 Å². The summed E-state index contributed by atoms with van der Waals surface area (Å²) < 4.78 is 0. The Hall–Kier alpha value is -0.530. The second kappa shape index (κ2) is 5.35. The first kappa shape index (κ1) is 13.2. The fraction of sp³-hybridized carbons (Fsp3) is 0.944. The monoisotopic (exact) mass is 275 g/mol. The van der Waals surface area contributed by atoms with E-state index in [2.05, 4.69) is 5.32 Å². The lowest BCUT2D eigenvalue weighted by Gasteiger charge is -2.54. The summed E-state index contributed by atoms with van der Waals surface area (Å²) in [5.74, 6) is 4.85. The number of carbonyl (C=O) groups is 1. The SMILES string of the molecule is O=C(CCC1CCCC1)NC1C2CC3CC(C2)CC1C3. The molecule has 0 aromatic heterocycles. The second-order valence-electron chi connectivity index (χ2n) is 8.21. The van der Waals surface area contributed by atoms with Gasteiger partial charge in [-0.2, -0.15) is 0 Å². The van der Waals surface area contributed by atoms with Gasteiger partial charge in [0.1, 0.15) is 0 Å². The van der Waals surface area contributed by atoms with E-state index in [0.717, 1.165) is 42.4 Å². The van der Waals surface area contributed by atoms with E-state index in [1.54, 1.807) is 0 Å². The van der Waals surface area contributed by atoms with E-state index in [-0.39, 0.29) is 0 Å². The predicted molar refractivity (Wildman–Crippen MR) is 80.2 cm³/mol. The molecule has 1 N–H and O–H groups in total. The number of carbonyl (C=O) groups excluding carboxylic acids is 1. The van der Waals surface area contributed by atoms with E-state index >= 15 is 0 Å². The first-order valence-electron chi connectivity index (χ1n) is 9.07. The van der Waals surface area contributed by atoms with Crippen LogP contribution in [-0.4, -0.2) is 11.9 Å². The Morgan fingerprint density at radius 1 is 0.900 bits per heavy atom. The smallest absolute Gasteiger partial charge is 0.220 e. The highest BCUT2D eigenvalue weighted by molar-refractivity contribution is 5.76. The van der Waals surface area contributed by atoms with Gasteiger partial charge in [-0.05, 0) is 68.1 Å². The van der Waals surface area contributed by atoms with Crippen molar-refractivity contribution >= 4 is 5.91 Å². The fourth-order valence-electron chi connectivity index (χ4n) is 6.05. The van der Waals surface area contributed by atoms with Crippen LogP contribution in [0, 0.1) is 29.6 Å². The summed E-state index contributed by atoms with van der Waals surface area (Å²) in [7, 11) is 0. The minimum Gasteiger partial charge on any atom is -0.353 e. The normalized spacial score (nSPS) is 43.1. The molecular weight excluding hydrogens is 246 g/mol. The van der Waals surface area contributed by atoms with Crippen LogP contribution in [0.2, 0.25) is 0 Å². The fourth-order valence-corrected chi connectivity index (χ4v) is 6.05. The minimum atomic E-state index is 0.356. The molecule has 0 spiro atoms. The molecule has 5 aliphatic carbocycles. The lowest BCUT2D eigenvalue weighted by Crippen LogP contribution is -2.55. The Labute approximate surface area is 123 Å². The molecule has 0 atom stereocenters. The Morgan fingerprint density at radius 2 is 1.50 bits per heavy atom. The highest BCUT2D eigenvalue weighted by atomic mass is 16.1. The average molecular weight is 275 g/mol. The third-order valence-corrected chi connectivity index (χ3v) is 6.81. The van der Waals surface area contributed by atoms with Gasteiger partial charge in [0.2, 0.25) is 5.91 Å². The molecular formula is C18H29NO. The van der Waals surface area contributed by atoms with Crippen LogP contribution in [0.1, 0.15) is 70.6 Å². The Morgan fingerprint density at radius 3 is 2.10 bits per heavy atom. The highest BCUT2D eigenvalue weighted by Gasteiger charge is 2.48. The van der Waals surface area contributed by atoms with Gasteiger partial charge in [-0.3, -0.25) is 4.79 Å². The molecule has 0 aromatic carbocycles. The van der Waals surface area contributed by atoms with Crippen LogP contribution in [0.3, 0.4) is 0 Å². The Bertz CT molecular complexity index is 344. The van der Waals surface area contributed by atoms with Crippen LogP contribution in [0.5, 0.6) is 0 Å². The summed E-state index contributed by atoms with van der Waals surface area (Å²) in [6.07, 6.45) is 14.5. The third-order valence-electron chi connectivity index (χ3n) is 6.81. The molecule has 0 heterocycles. The molecule has 2 nitrogen and oxygen atoms in total. The van der Waals surface area contributed by atoms with Gasteiger partial charge in [0.05, 0.1) is 0 Å². The molecule has 5 aliphatic rings. The summed E-state index contributed by atoms with van der Waals surface area (Å²) in [4.78, 5) is 12.3. The summed E-state index contributed by atoms with van der Waals surface area (Å²) in [6, 6.07) is 0.541. The topological polar surface area (TPSA) is 29.1 Å². The predicted octanol–water partition coefficient (Wildman–Crippen LogP) is 3.90. The zero-order valence-electron chi connectivity index (χ0n) is 12.7. The van der Waals surface area contributed by atoms with Gasteiger partial charge < -0.3 is 5.32 Å². The van der Waals surface area contributed by atoms with Crippen molar-refractivity contribution in [2.24, 2.45) is 29.6 Å². The van der Waals surface area contributed by atoms with Crippen molar-refractivity contribution in [3.63, 3.8) is 0 Å². The van der Waals surface area contributed by atoms with Gasteiger partial charge in [-0.1, -0.05) is 25.7 Å². The number of rotatable bonds is 4. The number of nitrogens with one attached hydrogen (secondary N) is 1. The summed E-state index contributed by atoms with van der Waals surface area (Å²) in [5, 5.41) is 3.45. The quantitative estimate of drug-likeness (QED) is 0.828. The third kappa shape index (κ3) is 2.51. The van der Waals surface area contributed by atoms with Crippen LogP contribution in [-0.2, 0) is 4.79 Å². The lowest BCUT2D eigenvalue weighted by atomic mass is 9.54. The molecule has 1 amide bonds. The molecule has 5 saturated carbocycles. The first-order valence-corrected chi connectivity index (χ1v) is 9.07. The van der Waals surface area contributed by atoms with Crippen LogP contribution in [0.25, 0.3) is 0 Å². The van der Waals surface area contributed by atoms with Crippen molar-refractivity contribution < 1.29 is 4.79 Å². The molecule has 0 saturated heterocycles. The molecule has 5 fully saturated rings. The van der Waals surface area contributed by atoms with E-state index in [9.17, 15) is 4.79 Å². The van der Waals surface area contributed by atoms with Gasteiger partial charge in [0.15, 0.2) is 0 Å². The van der Waals surface area contributed by atoms with Crippen molar-refractivity contribution in [3.8, 4) is 0 Å². The number of hydrogen-bond donors (Lipinski definition) is 1. The minimum absolute atomic E-state index is 0.356. The highest BCUT2D eigenvalue weighted by Crippen LogP contribution is 2.53. The number of hydrogen-bond acceptors (Lipinski definition) is 1. The number of amides is 1. The molecule has 0 radical (unpaired) electrons. The molecule has 5 rings (SSSR count). The largest absolute Gasteiger partial charge is 0.353 e. The van der Waals surface area contributed by atoms with Gasteiger partial charge in [-0.15, -0.1) is 0 Å². The molecule has 0 aromatic rings. The van der Waals surface area contributed by atoms with E-state index in [1.165, 1.54) is 57.8 Å². The second-order valence-corrected chi connectivity index (χ2v) is 8.21. The van der Waals surface area contributed by atoms with Gasteiger partial charge in [-0.25, -0.2) is 0 Å². The summed E-state index contributed by atoms with van der Waals surface area (Å²) in [5.41, 5.74) is 0. The van der Waals surface area contributed by atoms with Crippen LogP contribution < -0.4 is 5.32 Å².